The van der Waals surface area contributed by atoms with Gasteiger partial charge in [0.2, 0.25) is 0 Å². The molecule has 0 saturated heterocycles. The van der Waals surface area contributed by atoms with Gasteiger partial charge in [-0.2, -0.15) is 0 Å². The summed E-state index contributed by atoms with van der Waals surface area (Å²) in [4.78, 5) is 0. The lowest BCUT2D eigenvalue weighted by Crippen LogP contribution is -2.81. The van der Waals surface area contributed by atoms with Crippen LogP contribution in [0, 0.1) is 233 Å². The van der Waals surface area contributed by atoms with Crippen molar-refractivity contribution in [2.24, 2.45) is 0 Å². The average molecular weight is 1760 g/mol. The van der Waals surface area contributed by atoms with Crippen molar-refractivity contribution in [1.82, 2.24) is 0 Å². The van der Waals surface area contributed by atoms with Crippen LogP contribution in [-0.2, 0) is 6.54 Å². The molecule has 0 saturated carbocycles. The van der Waals surface area contributed by atoms with Crippen molar-refractivity contribution >= 4 is 56.0 Å². The van der Waals surface area contributed by atoms with E-state index in [0.29, 0.717) is 0 Å². The zero-order chi connectivity index (χ0) is 90.7. The average Bonchev–Trinajstić information content (AvgIpc) is 0.685. The van der Waals surface area contributed by atoms with Crippen LogP contribution in [0.25, 0.3) is 0 Å². The van der Waals surface area contributed by atoms with Crippen LogP contribution in [0.1, 0.15) is 92.6 Å². The summed E-state index contributed by atoms with van der Waals surface area (Å²) in [7, 11) is 0. The molecule has 0 bridgehead atoms. The van der Waals surface area contributed by atoms with Gasteiger partial charge in [0.25, 0.3) is 0 Å². The highest BCUT2D eigenvalue weighted by Crippen LogP contribution is 2.35. The molecule has 2 nitrogen and oxygen atoms in total. The molecule has 9 aromatic rings. The minimum atomic E-state index is -7.22. The maximum Gasteiger partial charge on any atom is 0.200 e. The Bertz CT molecular complexity index is 4250. The van der Waals surface area contributed by atoms with Crippen molar-refractivity contribution in [3.05, 3.63) is 269 Å². The van der Waals surface area contributed by atoms with Crippen LogP contribution in [0.2, 0.25) is 0 Å². The lowest BCUT2D eigenvalue weighted by atomic mass is 9.12. The molecule has 0 N–H and O–H groups in total. The second kappa shape index (κ2) is 38.3. The monoisotopic (exact) mass is 1760 g/mol. The second-order valence-corrected chi connectivity index (χ2v) is 26.4. The van der Waals surface area contributed by atoms with Gasteiger partial charge in [0.05, 0.1) is 45.8 Å². The van der Waals surface area contributed by atoms with Crippen molar-refractivity contribution in [3.8, 4) is 0 Å². The highest BCUT2D eigenvalue weighted by Gasteiger charge is 2.55. The molecule has 44 heteroatoms. The summed E-state index contributed by atoms with van der Waals surface area (Å²) < 4.78 is 590. The fourth-order valence-corrected chi connectivity index (χ4v) is 14.1. The van der Waals surface area contributed by atoms with Crippen LogP contribution in [0.4, 0.5) is 176 Å². The van der Waals surface area contributed by atoms with E-state index in [4.69, 9.17) is 0 Å². The van der Waals surface area contributed by atoms with Gasteiger partial charge in [0.15, 0.2) is 140 Å². The Labute approximate surface area is 646 Å². The summed E-state index contributed by atoms with van der Waals surface area (Å²) in [6.45, 7) is 26.5. The highest BCUT2D eigenvalue weighted by molar-refractivity contribution is 7.21. The van der Waals surface area contributed by atoms with E-state index in [9.17, 15) is 105 Å². The SMILES string of the molecule is CCCC[N+](CCCC)(CCCC)Cc1ccccc1.CC[N+](CC)(CC)CC.Fc1c(F)c(F)c([B-](c2c(F)c(F)c(F)c(F)c2F)(c2c(F)c(F)c(F)c(F)c2F)c2c(F)c(F)c(F)c(F)c2F)c(F)c1F.Fc1c(F)c(F)c([B-](c2c(F)c(F)c(F)c(F)c2F)(c2c(F)c(F)c(F)c(F)c2F)c2c(F)c(F)c(F)c(F)c2F)c(F)c1F. The minimum Gasteiger partial charge on any atom is -0.325 e. The lowest BCUT2D eigenvalue weighted by molar-refractivity contribution is -0.941. The van der Waals surface area contributed by atoms with Crippen molar-refractivity contribution in [2.45, 2.75) is 93.5 Å². The number of halogens is 40. The Morgan fingerprint density at radius 1 is 0.176 bits per heavy atom. The largest absolute Gasteiger partial charge is 0.325 e. The van der Waals surface area contributed by atoms with Crippen LogP contribution in [0.5, 0.6) is 0 Å². The van der Waals surface area contributed by atoms with Crippen LogP contribution in [0.3, 0.4) is 0 Å². The van der Waals surface area contributed by atoms with Gasteiger partial charge in [-0.1, -0.05) is 70.4 Å². The highest BCUT2D eigenvalue weighted by atomic mass is 19.2. The number of hydrogen-bond donors (Lipinski definition) is 0. The van der Waals surface area contributed by atoms with E-state index in [2.05, 4.69) is 78.8 Å². The van der Waals surface area contributed by atoms with E-state index in [1.54, 1.807) is 0 Å². The molecule has 0 aliphatic rings. The standard InChI is InChI=1S/2C24BF20.C19H34N.C8H20N/c2*26-5-1(6(27)14(35)21(42)13(5)34)25(2-7(28)15(36)22(43)16(37)8(2)29,3-9(30)17(38)23(44)18(39)10(3)31)4-11(32)19(40)24(45)20(41)12(4)33;1-4-7-15-20(16-8-5-2,17-9-6-3)18-19-13-11-10-12-14-19;1-5-9(6-2,7-3)8-4/h;;10-14H,4-9,15-18H2,1-3H3;5-8H2,1-4H3/q2*-1;2*+1. The Balaban J connectivity index is 0.000000278. The number of hydrogen-bond acceptors (Lipinski definition) is 0. The first-order valence-corrected chi connectivity index (χ1v) is 34.6. The first-order chi connectivity index (χ1) is 55.4. The summed E-state index contributed by atoms with van der Waals surface area (Å²) in [5.41, 5.74) is -27.1. The smallest absolute Gasteiger partial charge is 0.200 e. The van der Waals surface area contributed by atoms with E-state index >= 15 is 70.2 Å². The first-order valence-electron chi connectivity index (χ1n) is 34.6. The minimum absolute atomic E-state index is 1.22. The van der Waals surface area contributed by atoms with Gasteiger partial charge >= 0.3 is 0 Å². The zero-order valence-electron chi connectivity index (χ0n) is 61.5. The molecule has 650 valence electrons. The normalized spacial score (nSPS) is 12.0. The van der Waals surface area contributed by atoms with Gasteiger partial charge < -0.3 is 8.97 Å². The number of benzene rings is 9. The molecule has 0 aliphatic heterocycles. The Kier molecular flexibility index (Phi) is 31.6. The molecular formula is C75H54B2F40N2. The third-order valence-electron chi connectivity index (χ3n) is 20.4. The molecule has 0 aromatic heterocycles. The molecule has 119 heavy (non-hydrogen) atoms. The van der Waals surface area contributed by atoms with Crippen molar-refractivity contribution < 1.29 is 185 Å². The van der Waals surface area contributed by atoms with Gasteiger partial charge in [-0.3, -0.25) is 0 Å². The van der Waals surface area contributed by atoms with Crippen molar-refractivity contribution in [1.29, 1.82) is 0 Å². The number of rotatable bonds is 23. The predicted octanol–water partition coefficient (Wildman–Crippen LogP) is 19.0. The number of quaternary nitrogens is 2. The molecule has 0 radical (unpaired) electrons. The number of nitrogens with zero attached hydrogens (tertiary/aromatic N) is 2. The fraction of sp³-hybridized carbons (Fsp3) is 0.280. The molecule has 0 amide bonds. The van der Waals surface area contributed by atoms with Crippen LogP contribution < -0.4 is 43.7 Å². The van der Waals surface area contributed by atoms with E-state index in [-0.39, 0.29) is 0 Å². The van der Waals surface area contributed by atoms with Crippen LogP contribution in [0.15, 0.2) is 30.3 Å². The molecule has 0 fully saturated rings. The van der Waals surface area contributed by atoms with Gasteiger partial charge in [-0.25, -0.2) is 176 Å². The Hall–Kier alpha value is -9.77. The molecule has 9 aromatic carbocycles. The molecule has 0 spiro atoms. The lowest BCUT2D eigenvalue weighted by Gasteiger charge is -2.44. The van der Waals surface area contributed by atoms with E-state index < -0.39 is 289 Å². The summed E-state index contributed by atoms with van der Waals surface area (Å²) in [5.74, 6) is -143. The summed E-state index contributed by atoms with van der Waals surface area (Å²) in [5, 5.41) is 0. The quantitative estimate of drug-likeness (QED) is 0.0197. The molecular weight excluding hydrogens is 1710 g/mol. The van der Waals surface area contributed by atoms with Gasteiger partial charge in [0, 0.05) is 5.56 Å². The number of unbranched alkanes of at least 4 members (excludes halogenated alkanes) is 3. The van der Waals surface area contributed by atoms with Gasteiger partial charge in [-0.15, -0.1) is 43.7 Å². The summed E-state index contributed by atoms with van der Waals surface area (Å²) >= 11 is 0. The topological polar surface area (TPSA) is 0 Å². The third kappa shape index (κ3) is 16.7. The summed E-state index contributed by atoms with van der Waals surface area (Å²) in [6, 6.07) is 11.1. The molecule has 0 heterocycles. The molecule has 0 aliphatic carbocycles. The maximum absolute atomic E-state index is 15.4. The fourth-order valence-electron chi connectivity index (χ4n) is 14.1. The van der Waals surface area contributed by atoms with E-state index in [1.165, 1.54) is 105 Å². The second-order valence-electron chi connectivity index (χ2n) is 26.4. The maximum atomic E-state index is 15.4. The first kappa shape index (κ1) is 98.1. The van der Waals surface area contributed by atoms with Crippen LogP contribution in [-0.4, -0.2) is 67.1 Å². The van der Waals surface area contributed by atoms with E-state index in [1.807, 2.05) is 0 Å². The summed E-state index contributed by atoms with van der Waals surface area (Å²) in [6.07, 6.45) is -6.41. The van der Waals surface area contributed by atoms with Gasteiger partial charge in [-0.05, 0) is 47.0 Å². The van der Waals surface area contributed by atoms with Crippen molar-refractivity contribution in [3.63, 3.8) is 0 Å². The Morgan fingerprint density at radius 3 is 0.412 bits per heavy atom. The molecule has 0 atom stereocenters. The van der Waals surface area contributed by atoms with Crippen molar-refractivity contribution in [2.75, 3.05) is 45.8 Å². The van der Waals surface area contributed by atoms with Crippen LogP contribution >= 0.6 is 0 Å². The van der Waals surface area contributed by atoms with E-state index in [0.717, 1.165) is 0 Å². The van der Waals surface area contributed by atoms with Gasteiger partial charge in [0.1, 0.15) is 112 Å². The Morgan fingerprint density at radius 2 is 0.303 bits per heavy atom. The predicted molar refractivity (Wildman–Crippen MR) is 351 cm³/mol. The third-order valence-corrected chi connectivity index (χ3v) is 20.4. The zero-order valence-corrected chi connectivity index (χ0v) is 61.5. The molecule has 9 rings (SSSR count). The molecule has 0 unspecified atom stereocenters.